The predicted molar refractivity (Wildman–Crippen MR) is 93.9 cm³/mol. The molecule has 6 nitrogen and oxygen atoms in total. The fourth-order valence-corrected chi connectivity index (χ4v) is 3.90. The Morgan fingerprint density at radius 2 is 2.20 bits per heavy atom. The number of carbonyl (C=O) groups is 3. The minimum absolute atomic E-state index is 0.0808. The van der Waals surface area contributed by atoms with Crippen LogP contribution in [0.1, 0.15) is 38.2 Å². The van der Waals surface area contributed by atoms with Crippen molar-refractivity contribution in [2.45, 2.75) is 44.7 Å². The molecule has 1 heterocycles. The largest absolute Gasteiger partial charge is 0.350 e. The second kappa shape index (κ2) is 7.04. The summed E-state index contributed by atoms with van der Waals surface area (Å²) in [5.74, 6) is -0.566. The zero-order valence-electron chi connectivity index (χ0n) is 14.2. The SMILES string of the molecule is C[C@H]1CCCC[C@@]12NC(=O)N(CC(=O)NCc1cccc(Cl)c1)C2=O. The van der Waals surface area contributed by atoms with Gasteiger partial charge in [-0.2, -0.15) is 0 Å². The molecule has 2 fully saturated rings. The minimum Gasteiger partial charge on any atom is -0.350 e. The third-order valence-electron chi connectivity index (χ3n) is 5.18. The highest BCUT2D eigenvalue weighted by molar-refractivity contribution is 6.30. The molecular weight excluding hydrogens is 342 g/mol. The van der Waals surface area contributed by atoms with Gasteiger partial charge in [-0.05, 0) is 36.5 Å². The number of nitrogens with zero attached hydrogens (tertiary/aromatic N) is 1. The monoisotopic (exact) mass is 363 g/mol. The van der Waals surface area contributed by atoms with Crippen molar-refractivity contribution in [3.05, 3.63) is 34.9 Å². The first-order valence-corrected chi connectivity index (χ1v) is 8.95. The Kier molecular flexibility index (Phi) is 4.99. The van der Waals surface area contributed by atoms with E-state index in [1.54, 1.807) is 18.2 Å². The van der Waals surface area contributed by atoms with Crippen LogP contribution in [0.3, 0.4) is 0 Å². The first kappa shape index (κ1) is 17.7. The molecule has 0 unspecified atom stereocenters. The quantitative estimate of drug-likeness (QED) is 0.806. The number of carbonyl (C=O) groups excluding carboxylic acids is 3. The third kappa shape index (κ3) is 3.49. The zero-order valence-corrected chi connectivity index (χ0v) is 14.9. The summed E-state index contributed by atoms with van der Waals surface area (Å²) < 4.78 is 0. The van der Waals surface area contributed by atoms with Crippen molar-refractivity contribution in [3.8, 4) is 0 Å². The molecule has 1 saturated carbocycles. The van der Waals surface area contributed by atoms with Crippen molar-refractivity contribution in [3.63, 3.8) is 0 Å². The average molecular weight is 364 g/mol. The van der Waals surface area contributed by atoms with Crippen LogP contribution in [0.4, 0.5) is 4.79 Å². The highest BCUT2D eigenvalue weighted by atomic mass is 35.5. The molecule has 0 bridgehead atoms. The maximum Gasteiger partial charge on any atom is 0.325 e. The normalized spacial score (nSPS) is 26.0. The maximum absolute atomic E-state index is 12.8. The number of urea groups is 1. The maximum atomic E-state index is 12.8. The smallest absolute Gasteiger partial charge is 0.325 e. The summed E-state index contributed by atoms with van der Waals surface area (Å²) in [6.07, 6.45) is 3.51. The van der Waals surface area contributed by atoms with Crippen LogP contribution in [0.15, 0.2) is 24.3 Å². The summed E-state index contributed by atoms with van der Waals surface area (Å²) in [4.78, 5) is 38.3. The fraction of sp³-hybridized carbons (Fsp3) is 0.500. The summed E-state index contributed by atoms with van der Waals surface area (Å²) in [6.45, 7) is 2.02. The lowest BCUT2D eigenvalue weighted by Crippen LogP contribution is -2.54. The average Bonchev–Trinajstić information content (AvgIpc) is 2.81. The molecule has 0 radical (unpaired) electrons. The number of hydrogen-bond acceptors (Lipinski definition) is 3. The van der Waals surface area contributed by atoms with Gasteiger partial charge in [-0.15, -0.1) is 0 Å². The number of benzene rings is 1. The van der Waals surface area contributed by atoms with Crippen LogP contribution in [0, 0.1) is 5.92 Å². The molecule has 1 saturated heterocycles. The topological polar surface area (TPSA) is 78.5 Å². The van der Waals surface area contributed by atoms with Gasteiger partial charge in [-0.25, -0.2) is 4.79 Å². The Bertz CT molecular complexity index is 709. The number of halogens is 1. The third-order valence-corrected chi connectivity index (χ3v) is 5.42. The van der Waals surface area contributed by atoms with Gasteiger partial charge in [0.25, 0.3) is 5.91 Å². The van der Waals surface area contributed by atoms with E-state index in [-0.39, 0.29) is 24.3 Å². The van der Waals surface area contributed by atoms with Crippen LogP contribution in [-0.2, 0) is 16.1 Å². The van der Waals surface area contributed by atoms with E-state index in [0.717, 1.165) is 29.7 Å². The second-order valence-corrected chi connectivity index (χ2v) is 7.28. The van der Waals surface area contributed by atoms with Crippen molar-refractivity contribution >= 4 is 29.4 Å². The Balaban J connectivity index is 1.61. The van der Waals surface area contributed by atoms with Gasteiger partial charge < -0.3 is 10.6 Å². The first-order valence-electron chi connectivity index (χ1n) is 8.57. The molecule has 1 spiro atoms. The lowest BCUT2D eigenvalue weighted by atomic mass is 9.73. The molecule has 7 heteroatoms. The van der Waals surface area contributed by atoms with Gasteiger partial charge in [0, 0.05) is 11.6 Å². The Hall–Kier alpha value is -2.08. The molecule has 25 heavy (non-hydrogen) atoms. The molecule has 1 aliphatic carbocycles. The van der Waals surface area contributed by atoms with Crippen LogP contribution in [0.25, 0.3) is 0 Å². The summed E-state index contributed by atoms with van der Waals surface area (Å²) >= 11 is 5.91. The summed E-state index contributed by atoms with van der Waals surface area (Å²) in [7, 11) is 0. The number of rotatable bonds is 4. The van der Waals surface area contributed by atoms with Crippen LogP contribution in [0.5, 0.6) is 0 Å². The van der Waals surface area contributed by atoms with Gasteiger partial charge >= 0.3 is 6.03 Å². The number of hydrogen-bond donors (Lipinski definition) is 2. The van der Waals surface area contributed by atoms with E-state index in [4.69, 9.17) is 11.6 Å². The van der Waals surface area contributed by atoms with Crippen LogP contribution in [-0.4, -0.2) is 34.8 Å². The summed E-state index contributed by atoms with van der Waals surface area (Å²) in [5, 5.41) is 6.16. The number of nitrogens with one attached hydrogen (secondary N) is 2. The number of amides is 4. The van der Waals surface area contributed by atoms with Crippen molar-refractivity contribution in [2.24, 2.45) is 5.92 Å². The van der Waals surface area contributed by atoms with Gasteiger partial charge in [0.2, 0.25) is 5.91 Å². The zero-order chi connectivity index (χ0) is 18.0. The van der Waals surface area contributed by atoms with E-state index < -0.39 is 11.6 Å². The molecule has 1 aromatic carbocycles. The first-order chi connectivity index (χ1) is 11.9. The van der Waals surface area contributed by atoms with E-state index in [2.05, 4.69) is 10.6 Å². The lowest BCUT2D eigenvalue weighted by molar-refractivity contribution is -0.137. The predicted octanol–water partition coefficient (Wildman–Crippen LogP) is 2.46. The molecule has 4 amide bonds. The highest BCUT2D eigenvalue weighted by Gasteiger charge is 2.55. The highest BCUT2D eigenvalue weighted by Crippen LogP contribution is 2.38. The van der Waals surface area contributed by atoms with Crippen LogP contribution >= 0.6 is 11.6 Å². The Morgan fingerprint density at radius 3 is 2.92 bits per heavy atom. The van der Waals surface area contributed by atoms with E-state index in [1.165, 1.54) is 0 Å². The summed E-state index contributed by atoms with van der Waals surface area (Å²) in [5.41, 5.74) is 0.0261. The number of imide groups is 1. The second-order valence-electron chi connectivity index (χ2n) is 6.85. The Labute approximate surface area is 151 Å². The van der Waals surface area contributed by atoms with Gasteiger partial charge in [-0.1, -0.05) is 43.5 Å². The van der Waals surface area contributed by atoms with Gasteiger partial charge in [0.05, 0.1) is 0 Å². The van der Waals surface area contributed by atoms with Crippen molar-refractivity contribution < 1.29 is 14.4 Å². The Morgan fingerprint density at radius 1 is 1.40 bits per heavy atom. The van der Waals surface area contributed by atoms with E-state index >= 15 is 0 Å². The van der Waals surface area contributed by atoms with E-state index in [0.29, 0.717) is 18.0 Å². The summed E-state index contributed by atoms with van der Waals surface area (Å²) in [6, 6.07) is 6.68. The van der Waals surface area contributed by atoms with Gasteiger partial charge in [-0.3, -0.25) is 14.5 Å². The van der Waals surface area contributed by atoms with Gasteiger partial charge in [0.1, 0.15) is 12.1 Å². The van der Waals surface area contributed by atoms with Crippen LogP contribution < -0.4 is 10.6 Å². The molecule has 1 aromatic rings. The molecule has 134 valence electrons. The van der Waals surface area contributed by atoms with Crippen molar-refractivity contribution in [2.75, 3.05) is 6.54 Å². The van der Waals surface area contributed by atoms with E-state index in [9.17, 15) is 14.4 Å². The van der Waals surface area contributed by atoms with Crippen LogP contribution in [0.2, 0.25) is 5.02 Å². The molecule has 2 atom stereocenters. The minimum atomic E-state index is -0.831. The van der Waals surface area contributed by atoms with E-state index in [1.807, 2.05) is 13.0 Å². The molecule has 1 aliphatic heterocycles. The fourth-order valence-electron chi connectivity index (χ4n) is 3.69. The molecule has 0 aromatic heterocycles. The van der Waals surface area contributed by atoms with Crippen molar-refractivity contribution in [1.29, 1.82) is 0 Å². The molecule has 2 N–H and O–H groups in total. The molecular formula is C18H22ClN3O3. The van der Waals surface area contributed by atoms with Gasteiger partial charge in [0.15, 0.2) is 0 Å². The standard InChI is InChI=1S/C18H22ClN3O3/c1-12-5-2-3-8-18(12)16(24)22(17(25)21-18)11-15(23)20-10-13-6-4-7-14(19)9-13/h4,6-7,9,12H,2-3,5,8,10-11H2,1H3,(H,20,23)(H,21,25)/t12-,18+/m0/s1. The molecule has 3 rings (SSSR count). The molecule has 2 aliphatic rings. The lowest BCUT2D eigenvalue weighted by Gasteiger charge is -2.36. The van der Waals surface area contributed by atoms with Crippen molar-refractivity contribution in [1.82, 2.24) is 15.5 Å².